The summed E-state index contributed by atoms with van der Waals surface area (Å²) in [5, 5.41) is 13.8. The van der Waals surface area contributed by atoms with Crippen LogP contribution in [0.15, 0.2) is 47.1 Å². The lowest BCUT2D eigenvalue weighted by Gasteiger charge is -2.17. The van der Waals surface area contributed by atoms with Gasteiger partial charge in [-0.3, -0.25) is 4.79 Å². The Morgan fingerprint density at radius 1 is 1.29 bits per heavy atom. The molecule has 2 N–H and O–H groups in total. The van der Waals surface area contributed by atoms with Gasteiger partial charge >= 0.3 is 0 Å². The summed E-state index contributed by atoms with van der Waals surface area (Å²) in [5.41, 5.74) is 3.35. The van der Waals surface area contributed by atoms with E-state index in [4.69, 9.17) is 4.42 Å². The first-order chi connectivity index (χ1) is 11.8. The zero-order valence-corrected chi connectivity index (χ0v) is 13.0. The van der Waals surface area contributed by atoms with Gasteiger partial charge in [0, 0.05) is 18.4 Å². The van der Waals surface area contributed by atoms with Crippen molar-refractivity contribution in [3.63, 3.8) is 0 Å². The molecular weight excluding hydrogens is 306 g/mol. The van der Waals surface area contributed by atoms with Crippen LogP contribution in [-0.2, 0) is 19.5 Å². The second-order valence-electron chi connectivity index (χ2n) is 5.73. The fourth-order valence-corrected chi connectivity index (χ4v) is 2.81. The van der Waals surface area contributed by atoms with Crippen molar-refractivity contribution in [3.8, 4) is 0 Å². The molecule has 7 nitrogen and oxygen atoms in total. The predicted molar refractivity (Wildman–Crippen MR) is 87.6 cm³/mol. The van der Waals surface area contributed by atoms with Crippen LogP contribution in [0, 0.1) is 0 Å². The van der Waals surface area contributed by atoms with Gasteiger partial charge in [-0.1, -0.05) is 11.3 Å². The number of nitrogens with zero attached hydrogens (tertiary/aromatic N) is 3. The lowest BCUT2D eigenvalue weighted by Crippen LogP contribution is -2.23. The Kier molecular flexibility index (Phi) is 3.84. The second kappa shape index (κ2) is 6.29. The number of carbonyl (C=O) groups is 1. The van der Waals surface area contributed by atoms with Gasteiger partial charge < -0.3 is 15.1 Å². The summed E-state index contributed by atoms with van der Waals surface area (Å²) in [4.78, 5) is 12.3. The van der Waals surface area contributed by atoms with Gasteiger partial charge in [0.25, 0.3) is 5.91 Å². The first kappa shape index (κ1) is 14.6. The second-order valence-corrected chi connectivity index (χ2v) is 5.73. The van der Waals surface area contributed by atoms with Crippen LogP contribution in [0.1, 0.15) is 27.4 Å². The van der Waals surface area contributed by atoms with E-state index in [0.717, 1.165) is 25.2 Å². The highest BCUT2D eigenvalue weighted by atomic mass is 16.4. The quantitative estimate of drug-likeness (QED) is 0.765. The molecule has 0 spiro atoms. The Morgan fingerprint density at radius 3 is 3.12 bits per heavy atom. The first-order valence-electron chi connectivity index (χ1n) is 7.84. The first-order valence-corrected chi connectivity index (χ1v) is 7.84. The Bertz CT molecular complexity index is 854. The normalized spacial score (nSPS) is 13.5. The largest absolute Gasteiger partial charge is 0.454 e. The van der Waals surface area contributed by atoms with E-state index in [2.05, 4.69) is 27.0 Å². The molecule has 1 aliphatic heterocycles. The minimum Gasteiger partial charge on any atom is -0.454 e. The number of benzene rings is 1. The van der Waals surface area contributed by atoms with Crippen molar-refractivity contribution in [2.45, 2.75) is 19.5 Å². The van der Waals surface area contributed by atoms with Gasteiger partial charge in [-0.25, -0.2) is 4.68 Å². The molecule has 0 saturated carbocycles. The Labute approximate surface area is 138 Å². The number of fused-ring (bicyclic) bond motifs is 1. The molecule has 0 atom stereocenters. The lowest BCUT2D eigenvalue weighted by molar-refractivity contribution is 0.0994. The maximum Gasteiger partial charge on any atom is 0.291 e. The van der Waals surface area contributed by atoms with Gasteiger partial charge in [-0.05, 0) is 48.4 Å². The Balaban J connectivity index is 1.45. The average Bonchev–Trinajstić information content (AvgIpc) is 3.27. The number of amides is 1. The van der Waals surface area contributed by atoms with Gasteiger partial charge in [-0.2, -0.15) is 0 Å². The topological polar surface area (TPSA) is 85.0 Å². The van der Waals surface area contributed by atoms with Gasteiger partial charge in [0.05, 0.1) is 6.20 Å². The van der Waals surface area contributed by atoms with Crippen molar-refractivity contribution in [1.82, 2.24) is 20.3 Å². The molecule has 7 heteroatoms. The van der Waals surface area contributed by atoms with Gasteiger partial charge in [0.15, 0.2) is 5.76 Å². The summed E-state index contributed by atoms with van der Waals surface area (Å²) in [6, 6.07) is 9.45. The van der Waals surface area contributed by atoms with Crippen molar-refractivity contribution in [1.29, 1.82) is 0 Å². The van der Waals surface area contributed by atoms with Crippen LogP contribution >= 0.6 is 0 Å². The molecule has 3 heterocycles. The van der Waals surface area contributed by atoms with E-state index in [1.54, 1.807) is 29.2 Å². The molecular formula is C17H17N5O2. The van der Waals surface area contributed by atoms with E-state index >= 15 is 0 Å². The summed E-state index contributed by atoms with van der Waals surface area (Å²) >= 11 is 0. The number of aromatic nitrogens is 3. The highest BCUT2D eigenvalue weighted by Gasteiger charge is 2.14. The molecule has 3 aromatic rings. The summed E-state index contributed by atoms with van der Waals surface area (Å²) in [6.45, 7) is 2.29. The highest BCUT2D eigenvalue weighted by Crippen LogP contribution is 2.20. The van der Waals surface area contributed by atoms with E-state index < -0.39 is 0 Å². The zero-order chi connectivity index (χ0) is 16.4. The van der Waals surface area contributed by atoms with E-state index in [1.165, 1.54) is 11.1 Å². The molecule has 122 valence electrons. The number of carbonyl (C=O) groups excluding carboxylic acids is 1. The monoisotopic (exact) mass is 323 g/mol. The van der Waals surface area contributed by atoms with Gasteiger partial charge in [-0.15, -0.1) is 5.10 Å². The molecule has 1 amide bonds. The van der Waals surface area contributed by atoms with Crippen LogP contribution in [0.5, 0.6) is 0 Å². The Hall–Kier alpha value is -2.93. The fourth-order valence-electron chi connectivity index (χ4n) is 2.81. The van der Waals surface area contributed by atoms with E-state index in [9.17, 15) is 4.79 Å². The molecule has 24 heavy (non-hydrogen) atoms. The minimum absolute atomic E-state index is 0.256. The number of rotatable bonds is 4. The fraction of sp³-hybridized carbons (Fsp3) is 0.235. The third-order valence-corrected chi connectivity index (χ3v) is 4.03. The lowest BCUT2D eigenvalue weighted by atomic mass is 10.0. The van der Waals surface area contributed by atoms with Crippen molar-refractivity contribution >= 4 is 11.6 Å². The number of anilines is 1. The average molecular weight is 323 g/mol. The maximum absolute atomic E-state index is 12.3. The summed E-state index contributed by atoms with van der Waals surface area (Å²) in [5.74, 6) is 0.681. The SMILES string of the molecule is O=C(Nc1ccc2c(c1)CCNC2)c1ccc(Cn2ccnn2)o1. The summed E-state index contributed by atoms with van der Waals surface area (Å²) < 4.78 is 7.23. The summed E-state index contributed by atoms with van der Waals surface area (Å²) in [7, 11) is 0. The molecule has 1 aromatic carbocycles. The van der Waals surface area contributed by atoms with Crippen LogP contribution in [-0.4, -0.2) is 27.4 Å². The number of hydrogen-bond donors (Lipinski definition) is 2. The molecule has 0 saturated heterocycles. The molecule has 0 radical (unpaired) electrons. The smallest absolute Gasteiger partial charge is 0.291 e. The van der Waals surface area contributed by atoms with Crippen LogP contribution in [0.3, 0.4) is 0 Å². The van der Waals surface area contributed by atoms with Crippen LogP contribution in [0.25, 0.3) is 0 Å². The number of hydrogen-bond acceptors (Lipinski definition) is 5. The van der Waals surface area contributed by atoms with Crippen LogP contribution in [0.2, 0.25) is 0 Å². The number of nitrogens with one attached hydrogen (secondary N) is 2. The minimum atomic E-state index is -0.256. The van der Waals surface area contributed by atoms with E-state index in [-0.39, 0.29) is 11.7 Å². The van der Waals surface area contributed by atoms with E-state index in [1.807, 2.05) is 12.1 Å². The predicted octanol–water partition coefficient (Wildman–Crippen LogP) is 1.82. The molecule has 0 unspecified atom stereocenters. The summed E-state index contributed by atoms with van der Waals surface area (Å²) in [6.07, 6.45) is 4.31. The molecule has 0 bridgehead atoms. The Morgan fingerprint density at radius 2 is 2.25 bits per heavy atom. The molecule has 0 aliphatic carbocycles. The van der Waals surface area contributed by atoms with Gasteiger partial charge in [0.2, 0.25) is 0 Å². The number of furan rings is 1. The molecule has 0 fully saturated rings. The third kappa shape index (κ3) is 3.07. The van der Waals surface area contributed by atoms with Gasteiger partial charge in [0.1, 0.15) is 12.3 Å². The van der Waals surface area contributed by atoms with Crippen LogP contribution < -0.4 is 10.6 Å². The molecule has 4 rings (SSSR count). The zero-order valence-electron chi connectivity index (χ0n) is 13.0. The van der Waals surface area contributed by atoms with E-state index in [0.29, 0.717) is 12.3 Å². The van der Waals surface area contributed by atoms with Crippen molar-refractivity contribution < 1.29 is 9.21 Å². The van der Waals surface area contributed by atoms with Crippen molar-refractivity contribution in [2.24, 2.45) is 0 Å². The van der Waals surface area contributed by atoms with Crippen molar-refractivity contribution in [2.75, 3.05) is 11.9 Å². The molecule has 2 aromatic heterocycles. The highest BCUT2D eigenvalue weighted by molar-refractivity contribution is 6.02. The third-order valence-electron chi connectivity index (χ3n) is 4.03. The molecule has 1 aliphatic rings. The maximum atomic E-state index is 12.3. The standard InChI is InChI=1S/C17H17N5O2/c23-17(16-4-3-15(24-16)11-22-8-7-19-21-22)20-14-2-1-13-10-18-6-5-12(13)9-14/h1-4,7-9,18H,5-6,10-11H2,(H,20,23). The van der Waals surface area contributed by atoms with Crippen molar-refractivity contribution in [3.05, 3.63) is 65.4 Å². The van der Waals surface area contributed by atoms with Crippen LogP contribution in [0.4, 0.5) is 5.69 Å².